The van der Waals surface area contributed by atoms with Gasteiger partial charge in [-0.3, -0.25) is 4.79 Å². The van der Waals surface area contributed by atoms with Gasteiger partial charge in [-0.05, 0) is 6.92 Å². The third kappa shape index (κ3) is 1.25. The van der Waals surface area contributed by atoms with Crippen LogP contribution in [0.3, 0.4) is 0 Å². The summed E-state index contributed by atoms with van der Waals surface area (Å²) in [6, 6.07) is 0.163. The van der Waals surface area contributed by atoms with E-state index in [9.17, 15) is 18.0 Å². The summed E-state index contributed by atoms with van der Waals surface area (Å²) in [7, 11) is -3.84. The second kappa shape index (κ2) is 3.55. The lowest BCUT2D eigenvalue weighted by Gasteiger charge is -2.35. The van der Waals surface area contributed by atoms with Crippen molar-refractivity contribution in [3.63, 3.8) is 0 Å². The lowest BCUT2D eigenvalue weighted by Crippen LogP contribution is -2.57. The molecule has 96 valence electrons. The maximum Gasteiger partial charge on any atom is 0.328 e. The number of hydrogen-bond acceptors (Lipinski definition) is 5. The molecule has 18 heavy (non-hydrogen) atoms. The monoisotopic (exact) mass is 270 g/mol. The quantitative estimate of drug-likeness (QED) is 0.522. The summed E-state index contributed by atoms with van der Waals surface area (Å²) in [5.74, 6) is -1.88. The van der Waals surface area contributed by atoms with Crippen molar-refractivity contribution in [3.05, 3.63) is 12.2 Å². The van der Waals surface area contributed by atoms with E-state index >= 15 is 0 Å². The van der Waals surface area contributed by atoms with Gasteiger partial charge in [-0.25, -0.2) is 13.2 Å². The van der Waals surface area contributed by atoms with Gasteiger partial charge in [0.2, 0.25) is 5.91 Å². The Morgan fingerprint density at radius 3 is 2.72 bits per heavy atom. The number of carboxylic acids is 1. The van der Waals surface area contributed by atoms with E-state index in [0.717, 1.165) is 17.1 Å². The molecule has 0 aromatic heterocycles. The summed E-state index contributed by atoms with van der Waals surface area (Å²) in [6.07, 6.45) is 1.79. The van der Waals surface area contributed by atoms with Crippen LogP contribution in [0.15, 0.2) is 12.2 Å². The van der Waals surface area contributed by atoms with E-state index < -0.39 is 37.9 Å². The summed E-state index contributed by atoms with van der Waals surface area (Å²) >= 11 is 0. The third-order valence-electron chi connectivity index (χ3n) is 3.46. The first-order valence-electron chi connectivity index (χ1n) is 5.12. The van der Waals surface area contributed by atoms with Crippen molar-refractivity contribution in [2.75, 3.05) is 0 Å². The molecule has 2 heterocycles. The molecule has 2 aliphatic rings. The Morgan fingerprint density at radius 2 is 2.28 bits per heavy atom. The zero-order valence-electron chi connectivity index (χ0n) is 9.40. The van der Waals surface area contributed by atoms with Gasteiger partial charge in [-0.1, -0.05) is 6.08 Å². The van der Waals surface area contributed by atoms with Crippen molar-refractivity contribution < 1.29 is 23.1 Å². The van der Waals surface area contributed by atoms with Crippen LogP contribution in [0.2, 0.25) is 0 Å². The molecule has 0 aliphatic carbocycles. The van der Waals surface area contributed by atoms with Gasteiger partial charge in [0.05, 0.1) is 12.5 Å². The average Bonchev–Trinajstić information content (AvgIpc) is 2.41. The molecule has 0 radical (unpaired) electrons. The maximum absolute atomic E-state index is 12.2. The Bertz CT molecular complexity index is 602. The molecular weight excluding hydrogens is 260 g/mol. The number of carbonyl (C=O) groups excluding carboxylic acids is 1. The van der Waals surface area contributed by atoms with Crippen LogP contribution in [0.1, 0.15) is 13.3 Å². The zero-order chi connectivity index (χ0) is 13.7. The molecular formula is C10H10N2O5S. The number of carboxylic acid groups (broad SMARTS) is 1. The standard InChI is InChI=1S/C10H10N2O5S/c1-10(3-2-4-11)8(9(14)15)12-6(13)5-7(12)18(10,16)17/h2-3,7-8H,5H2,1H3,(H,14,15)/b3-2-/t7-,8-,10-/m1/s1. The first-order chi connectivity index (χ1) is 8.27. The van der Waals surface area contributed by atoms with Crippen molar-refractivity contribution in [2.45, 2.75) is 29.5 Å². The number of fused-ring (bicyclic) bond motifs is 1. The molecule has 0 spiro atoms. The van der Waals surface area contributed by atoms with Crippen LogP contribution in [0.25, 0.3) is 0 Å². The summed E-state index contributed by atoms with van der Waals surface area (Å²) in [6.45, 7) is 1.22. The number of β-lactam (4-membered cyclic amide) rings is 1. The topological polar surface area (TPSA) is 116 Å². The van der Waals surface area contributed by atoms with E-state index in [0.29, 0.717) is 0 Å². The molecule has 1 N–H and O–H groups in total. The number of carbonyl (C=O) groups is 2. The van der Waals surface area contributed by atoms with E-state index in [1.807, 2.05) is 0 Å². The minimum Gasteiger partial charge on any atom is -0.480 e. The normalized spacial score (nSPS) is 37.1. The molecule has 0 unspecified atom stereocenters. The van der Waals surface area contributed by atoms with Gasteiger partial charge in [0.25, 0.3) is 0 Å². The van der Waals surface area contributed by atoms with E-state index in [-0.39, 0.29) is 6.42 Å². The number of rotatable bonds is 2. The lowest BCUT2D eigenvalue weighted by atomic mass is 9.96. The predicted molar refractivity (Wildman–Crippen MR) is 58.8 cm³/mol. The maximum atomic E-state index is 12.2. The minimum absolute atomic E-state index is 0.192. The third-order valence-corrected chi connectivity index (χ3v) is 6.16. The number of allylic oxidation sites excluding steroid dienone is 1. The van der Waals surface area contributed by atoms with Crippen molar-refractivity contribution >= 4 is 21.7 Å². The fourth-order valence-corrected chi connectivity index (χ4v) is 4.72. The van der Waals surface area contributed by atoms with Gasteiger partial charge in [0.15, 0.2) is 15.9 Å². The highest BCUT2D eigenvalue weighted by atomic mass is 32.2. The summed E-state index contributed by atoms with van der Waals surface area (Å²) in [5.41, 5.74) is 0. The molecule has 0 aromatic carbocycles. The van der Waals surface area contributed by atoms with Gasteiger partial charge in [-0.2, -0.15) is 5.26 Å². The smallest absolute Gasteiger partial charge is 0.328 e. The van der Waals surface area contributed by atoms with Crippen LogP contribution in [0.4, 0.5) is 0 Å². The minimum atomic E-state index is -3.84. The van der Waals surface area contributed by atoms with Crippen molar-refractivity contribution in [3.8, 4) is 6.07 Å². The predicted octanol–water partition coefficient (Wildman–Crippen LogP) is -0.735. The van der Waals surface area contributed by atoms with E-state index in [1.165, 1.54) is 6.92 Å². The molecule has 0 saturated carbocycles. The van der Waals surface area contributed by atoms with Crippen LogP contribution in [0, 0.1) is 11.3 Å². The van der Waals surface area contributed by atoms with Gasteiger partial charge < -0.3 is 10.0 Å². The molecule has 2 rings (SSSR count). The Balaban J connectivity index is 2.61. The second-order valence-corrected chi connectivity index (χ2v) is 6.91. The molecule has 2 saturated heterocycles. The second-order valence-electron chi connectivity index (χ2n) is 4.39. The Labute approximate surface area is 103 Å². The van der Waals surface area contributed by atoms with Crippen LogP contribution < -0.4 is 0 Å². The number of amides is 1. The highest BCUT2D eigenvalue weighted by Crippen LogP contribution is 2.46. The van der Waals surface area contributed by atoms with Crippen LogP contribution in [0.5, 0.6) is 0 Å². The van der Waals surface area contributed by atoms with E-state index in [4.69, 9.17) is 10.4 Å². The molecule has 8 heteroatoms. The first kappa shape index (κ1) is 12.6. The van der Waals surface area contributed by atoms with Crippen molar-refractivity contribution in [1.82, 2.24) is 4.90 Å². The molecule has 7 nitrogen and oxygen atoms in total. The summed E-state index contributed by atoms with van der Waals surface area (Å²) in [4.78, 5) is 23.5. The van der Waals surface area contributed by atoms with Gasteiger partial charge in [0.1, 0.15) is 10.1 Å². The van der Waals surface area contributed by atoms with Crippen LogP contribution in [-0.4, -0.2) is 46.5 Å². The highest BCUT2D eigenvalue weighted by molar-refractivity contribution is 7.94. The SMILES string of the molecule is C[C@@]1(/C=C\C#N)[C@@H](C(=O)O)N2C(=O)C[C@H]2S1(=O)=O. The lowest BCUT2D eigenvalue weighted by molar-refractivity contribution is -0.157. The number of aliphatic carboxylic acids is 1. The number of hydrogen-bond donors (Lipinski definition) is 1. The fraction of sp³-hybridized carbons (Fsp3) is 0.500. The molecule has 2 fully saturated rings. The Morgan fingerprint density at radius 1 is 1.67 bits per heavy atom. The molecule has 0 aromatic rings. The molecule has 2 aliphatic heterocycles. The summed E-state index contributed by atoms with van der Waals surface area (Å²) in [5, 5.41) is 16.5. The largest absolute Gasteiger partial charge is 0.480 e. The van der Waals surface area contributed by atoms with Crippen molar-refractivity contribution in [2.24, 2.45) is 0 Å². The van der Waals surface area contributed by atoms with E-state index in [2.05, 4.69) is 0 Å². The number of nitriles is 1. The first-order valence-corrected chi connectivity index (χ1v) is 6.66. The fourth-order valence-electron chi connectivity index (χ4n) is 2.45. The van der Waals surface area contributed by atoms with Crippen LogP contribution >= 0.6 is 0 Å². The van der Waals surface area contributed by atoms with Crippen LogP contribution in [-0.2, 0) is 19.4 Å². The number of sulfone groups is 1. The summed E-state index contributed by atoms with van der Waals surface area (Å²) < 4.78 is 22.7. The Hall–Kier alpha value is -1.88. The van der Waals surface area contributed by atoms with Gasteiger partial charge in [0, 0.05) is 6.08 Å². The van der Waals surface area contributed by atoms with E-state index in [1.54, 1.807) is 6.07 Å². The Kier molecular flexibility index (Phi) is 2.48. The number of nitrogens with zero attached hydrogens (tertiary/aromatic N) is 2. The zero-order valence-corrected chi connectivity index (χ0v) is 10.2. The molecule has 3 atom stereocenters. The molecule has 1 amide bonds. The average molecular weight is 270 g/mol. The van der Waals surface area contributed by atoms with Gasteiger partial charge in [-0.15, -0.1) is 0 Å². The van der Waals surface area contributed by atoms with Gasteiger partial charge >= 0.3 is 5.97 Å². The van der Waals surface area contributed by atoms with Crippen molar-refractivity contribution in [1.29, 1.82) is 5.26 Å². The highest BCUT2D eigenvalue weighted by Gasteiger charge is 2.68. The molecule has 0 bridgehead atoms.